The van der Waals surface area contributed by atoms with Gasteiger partial charge in [-0.2, -0.15) is 4.98 Å². The fraction of sp³-hybridized carbons (Fsp3) is 0.111. The Morgan fingerprint density at radius 3 is 2.42 bits per heavy atom. The van der Waals surface area contributed by atoms with E-state index in [1.54, 1.807) is 24.3 Å². The van der Waals surface area contributed by atoms with Crippen LogP contribution in [0.25, 0.3) is 0 Å². The summed E-state index contributed by atoms with van der Waals surface area (Å²) in [6.07, 6.45) is 1.45. The fourth-order valence-electron chi connectivity index (χ4n) is 2.18. The Hall–Kier alpha value is -3.29. The molecule has 0 amide bonds. The smallest absolute Gasteiger partial charge is 0.229 e. The summed E-state index contributed by atoms with van der Waals surface area (Å²) in [6, 6.07) is 10.6. The summed E-state index contributed by atoms with van der Waals surface area (Å²) in [6.45, 7) is 2.47. The third-order valence-corrected chi connectivity index (χ3v) is 3.37. The van der Waals surface area contributed by atoms with Gasteiger partial charge in [-0.15, -0.1) is 0 Å². The third kappa shape index (κ3) is 4.02. The zero-order valence-corrected chi connectivity index (χ0v) is 13.8. The number of hydrogen-bond donors (Lipinski definition) is 2. The molecule has 1 aromatic heterocycles. The van der Waals surface area contributed by atoms with E-state index in [4.69, 9.17) is 4.74 Å². The second kappa shape index (κ2) is 7.73. The van der Waals surface area contributed by atoms with Crippen molar-refractivity contribution in [2.45, 2.75) is 6.92 Å². The van der Waals surface area contributed by atoms with Crippen molar-refractivity contribution >= 4 is 23.1 Å². The Bertz CT molecular complexity index is 903. The summed E-state index contributed by atoms with van der Waals surface area (Å²) in [5.41, 5.74) is 0.499. The van der Waals surface area contributed by atoms with Gasteiger partial charge in [-0.25, -0.2) is 18.2 Å². The summed E-state index contributed by atoms with van der Waals surface area (Å²) in [7, 11) is 0. The molecule has 0 atom stereocenters. The summed E-state index contributed by atoms with van der Waals surface area (Å²) in [5.74, 6) is -2.90. The molecule has 3 rings (SSSR count). The molecular weight excluding hydrogens is 345 g/mol. The molecule has 2 aromatic carbocycles. The van der Waals surface area contributed by atoms with E-state index in [-0.39, 0.29) is 17.5 Å². The maximum Gasteiger partial charge on any atom is 0.229 e. The molecule has 0 saturated heterocycles. The van der Waals surface area contributed by atoms with E-state index in [0.717, 1.165) is 23.6 Å². The van der Waals surface area contributed by atoms with Crippen LogP contribution in [0.15, 0.2) is 48.7 Å². The highest BCUT2D eigenvalue weighted by molar-refractivity contribution is 5.60. The number of anilines is 4. The average Bonchev–Trinajstić information content (AvgIpc) is 2.64. The summed E-state index contributed by atoms with van der Waals surface area (Å²) in [4.78, 5) is 8.24. The molecule has 2 N–H and O–H groups in total. The molecule has 5 nitrogen and oxygen atoms in total. The van der Waals surface area contributed by atoms with Crippen LogP contribution in [0.5, 0.6) is 5.75 Å². The van der Waals surface area contributed by atoms with Crippen molar-refractivity contribution in [3.8, 4) is 5.75 Å². The molecule has 0 saturated carbocycles. The molecule has 0 bridgehead atoms. The Balaban J connectivity index is 1.75. The van der Waals surface area contributed by atoms with Crippen LogP contribution < -0.4 is 15.4 Å². The standard InChI is InChI=1S/C18H15F3N4O/c1-2-26-12-5-3-11(4-6-12)23-18-22-10-9-15(25-18)24-14-8-7-13(19)16(20)17(14)21/h3-10H,2H2,1H3,(H2,22,23,24,25). The molecule has 0 aliphatic rings. The van der Waals surface area contributed by atoms with Gasteiger partial charge in [-0.1, -0.05) is 0 Å². The number of aromatic nitrogens is 2. The first-order valence-corrected chi connectivity index (χ1v) is 7.80. The average molecular weight is 360 g/mol. The van der Waals surface area contributed by atoms with Gasteiger partial charge in [0.2, 0.25) is 5.95 Å². The van der Waals surface area contributed by atoms with E-state index >= 15 is 0 Å². The second-order valence-electron chi connectivity index (χ2n) is 5.20. The Morgan fingerprint density at radius 1 is 0.923 bits per heavy atom. The Morgan fingerprint density at radius 2 is 1.69 bits per heavy atom. The zero-order valence-electron chi connectivity index (χ0n) is 13.8. The van der Waals surface area contributed by atoms with Gasteiger partial charge in [0, 0.05) is 11.9 Å². The molecular formula is C18H15F3N4O. The van der Waals surface area contributed by atoms with Gasteiger partial charge in [0.15, 0.2) is 17.5 Å². The van der Waals surface area contributed by atoms with E-state index in [1.807, 2.05) is 6.92 Å². The van der Waals surface area contributed by atoms with Crippen LogP contribution in [0.2, 0.25) is 0 Å². The van der Waals surface area contributed by atoms with Crippen LogP contribution in [-0.2, 0) is 0 Å². The van der Waals surface area contributed by atoms with Gasteiger partial charge in [0.05, 0.1) is 12.3 Å². The molecule has 0 aliphatic heterocycles. The minimum atomic E-state index is -1.54. The van der Waals surface area contributed by atoms with Gasteiger partial charge >= 0.3 is 0 Å². The van der Waals surface area contributed by atoms with Gasteiger partial charge in [-0.3, -0.25) is 0 Å². The molecule has 0 unspecified atom stereocenters. The molecule has 1 heterocycles. The monoisotopic (exact) mass is 360 g/mol. The number of nitrogens with one attached hydrogen (secondary N) is 2. The molecule has 0 fully saturated rings. The summed E-state index contributed by atoms with van der Waals surface area (Å²) in [5, 5.41) is 5.59. The largest absolute Gasteiger partial charge is 0.494 e. The van der Waals surface area contributed by atoms with Crippen LogP contribution in [-0.4, -0.2) is 16.6 Å². The number of nitrogens with zero attached hydrogens (tertiary/aromatic N) is 2. The molecule has 8 heteroatoms. The Labute approximate surface area is 147 Å². The van der Waals surface area contributed by atoms with Crippen molar-refractivity contribution < 1.29 is 17.9 Å². The quantitative estimate of drug-likeness (QED) is 0.620. The first-order valence-electron chi connectivity index (χ1n) is 7.80. The van der Waals surface area contributed by atoms with E-state index in [9.17, 15) is 13.2 Å². The predicted molar refractivity (Wildman–Crippen MR) is 92.5 cm³/mol. The normalized spacial score (nSPS) is 10.5. The SMILES string of the molecule is CCOc1ccc(Nc2nccc(Nc3ccc(F)c(F)c3F)n2)cc1. The number of ether oxygens (including phenoxy) is 1. The topological polar surface area (TPSA) is 59.1 Å². The third-order valence-electron chi connectivity index (χ3n) is 3.37. The minimum absolute atomic E-state index is 0.221. The summed E-state index contributed by atoms with van der Waals surface area (Å²) >= 11 is 0. The van der Waals surface area contributed by atoms with Gasteiger partial charge in [0.1, 0.15) is 11.6 Å². The molecule has 26 heavy (non-hydrogen) atoms. The van der Waals surface area contributed by atoms with Crippen molar-refractivity contribution in [1.82, 2.24) is 9.97 Å². The highest BCUT2D eigenvalue weighted by atomic mass is 19.2. The van der Waals surface area contributed by atoms with Crippen molar-refractivity contribution in [3.05, 3.63) is 66.1 Å². The van der Waals surface area contributed by atoms with Crippen LogP contribution >= 0.6 is 0 Å². The highest BCUT2D eigenvalue weighted by Gasteiger charge is 2.14. The minimum Gasteiger partial charge on any atom is -0.494 e. The Kier molecular flexibility index (Phi) is 5.21. The van der Waals surface area contributed by atoms with E-state index in [2.05, 4.69) is 20.6 Å². The fourth-order valence-corrected chi connectivity index (χ4v) is 2.18. The summed E-state index contributed by atoms with van der Waals surface area (Å²) < 4.78 is 45.4. The lowest BCUT2D eigenvalue weighted by Crippen LogP contribution is -2.03. The van der Waals surface area contributed by atoms with Crippen LogP contribution in [0.1, 0.15) is 6.92 Å². The van der Waals surface area contributed by atoms with Crippen LogP contribution in [0.3, 0.4) is 0 Å². The number of rotatable bonds is 6. The second-order valence-corrected chi connectivity index (χ2v) is 5.20. The highest BCUT2D eigenvalue weighted by Crippen LogP contribution is 2.24. The van der Waals surface area contributed by atoms with E-state index in [0.29, 0.717) is 6.61 Å². The number of halogens is 3. The molecule has 0 spiro atoms. The van der Waals surface area contributed by atoms with Crippen molar-refractivity contribution in [1.29, 1.82) is 0 Å². The lowest BCUT2D eigenvalue weighted by atomic mass is 10.3. The molecule has 0 radical (unpaired) electrons. The van der Waals surface area contributed by atoms with Gasteiger partial charge in [-0.05, 0) is 49.4 Å². The molecule has 134 valence electrons. The van der Waals surface area contributed by atoms with E-state index in [1.165, 1.54) is 12.3 Å². The first-order chi connectivity index (χ1) is 12.6. The zero-order chi connectivity index (χ0) is 18.5. The first kappa shape index (κ1) is 17.5. The lowest BCUT2D eigenvalue weighted by Gasteiger charge is -2.10. The maximum atomic E-state index is 13.7. The van der Waals surface area contributed by atoms with Gasteiger partial charge in [0.25, 0.3) is 0 Å². The van der Waals surface area contributed by atoms with Crippen LogP contribution in [0.4, 0.5) is 36.3 Å². The number of benzene rings is 2. The molecule has 3 aromatic rings. The van der Waals surface area contributed by atoms with E-state index < -0.39 is 17.5 Å². The lowest BCUT2D eigenvalue weighted by molar-refractivity contribution is 0.340. The van der Waals surface area contributed by atoms with Crippen molar-refractivity contribution in [3.63, 3.8) is 0 Å². The van der Waals surface area contributed by atoms with Crippen molar-refractivity contribution in [2.75, 3.05) is 17.2 Å². The van der Waals surface area contributed by atoms with Gasteiger partial charge < -0.3 is 15.4 Å². The maximum absolute atomic E-state index is 13.7. The molecule has 0 aliphatic carbocycles. The van der Waals surface area contributed by atoms with Crippen LogP contribution in [0, 0.1) is 17.5 Å². The number of hydrogen-bond acceptors (Lipinski definition) is 5. The predicted octanol–water partition coefficient (Wildman–Crippen LogP) is 4.78. The van der Waals surface area contributed by atoms with Crippen molar-refractivity contribution in [2.24, 2.45) is 0 Å².